The van der Waals surface area contributed by atoms with Crippen LogP contribution in [0.25, 0.3) is 0 Å². The lowest BCUT2D eigenvalue weighted by atomic mass is 10.5. The molecule has 1 rings (SSSR count). The highest BCUT2D eigenvalue weighted by atomic mass is 32.1. The van der Waals surface area contributed by atoms with Crippen molar-refractivity contribution in [3.63, 3.8) is 0 Å². The van der Waals surface area contributed by atoms with Gasteiger partial charge in [-0.05, 0) is 24.5 Å². The fourth-order valence-electron chi connectivity index (χ4n) is 0.640. The van der Waals surface area contributed by atoms with Crippen molar-refractivity contribution in [3.8, 4) is 0 Å². The SMILES string of the molecule is Cc1cc(NC(=O)N(C)C)sn1. The van der Waals surface area contributed by atoms with Gasteiger partial charge in [0.1, 0.15) is 5.00 Å². The molecule has 0 spiro atoms. The number of hydrogen-bond acceptors (Lipinski definition) is 3. The normalized spacial score (nSPS) is 9.58. The maximum atomic E-state index is 11.1. The second kappa shape index (κ2) is 3.53. The van der Waals surface area contributed by atoms with Crippen LogP contribution in [-0.4, -0.2) is 29.4 Å². The monoisotopic (exact) mass is 185 g/mol. The fraction of sp³-hybridized carbons (Fsp3) is 0.429. The minimum absolute atomic E-state index is 0.126. The Morgan fingerprint density at radius 1 is 1.67 bits per heavy atom. The van der Waals surface area contributed by atoms with E-state index in [1.54, 1.807) is 14.1 Å². The molecular weight excluding hydrogens is 174 g/mol. The van der Waals surface area contributed by atoms with Crippen molar-refractivity contribution in [2.24, 2.45) is 0 Å². The van der Waals surface area contributed by atoms with Crippen molar-refractivity contribution in [1.82, 2.24) is 9.27 Å². The van der Waals surface area contributed by atoms with Gasteiger partial charge in [-0.3, -0.25) is 5.32 Å². The van der Waals surface area contributed by atoms with Gasteiger partial charge < -0.3 is 4.90 Å². The predicted octanol–water partition coefficient (Wildman–Crippen LogP) is 1.55. The molecule has 0 aromatic carbocycles. The van der Waals surface area contributed by atoms with E-state index in [1.165, 1.54) is 16.4 Å². The summed E-state index contributed by atoms with van der Waals surface area (Å²) in [5.41, 5.74) is 0.925. The predicted molar refractivity (Wildman–Crippen MR) is 49.6 cm³/mol. The quantitative estimate of drug-likeness (QED) is 0.721. The highest BCUT2D eigenvalue weighted by Crippen LogP contribution is 2.15. The van der Waals surface area contributed by atoms with Gasteiger partial charge in [-0.25, -0.2) is 4.79 Å². The van der Waals surface area contributed by atoms with Gasteiger partial charge in [0.15, 0.2) is 0 Å². The van der Waals surface area contributed by atoms with E-state index in [0.717, 1.165) is 10.7 Å². The van der Waals surface area contributed by atoms with Gasteiger partial charge in [0.2, 0.25) is 0 Å². The molecule has 2 amide bonds. The number of carbonyl (C=O) groups is 1. The first-order valence-electron chi connectivity index (χ1n) is 3.51. The van der Waals surface area contributed by atoms with Gasteiger partial charge in [-0.1, -0.05) is 0 Å². The number of hydrogen-bond donors (Lipinski definition) is 1. The van der Waals surface area contributed by atoms with Crippen molar-refractivity contribution in [3.05, 3.63) is 11.8 Å². The molecule has 0 fully saturated rings. The molecule has 5 heteroatoms. The largest absolute Gasteiger partial charge is 0.331 e. The van der Waals surface area contributed by atoms with Crippen LogP contribution >= 0.6 is 11.5 Å². The standard InChI is InChI=1S/C7H11N3OS/c1-5-4-6(12-9-5)8-7(11)10(2)3/h4H,1-3H3,(H,8,11). The number of anilines is 1. The molecule has 0 saturated heterocycles. The summed E-state index contributed by atoms with van der Waals surface area (Å²) in [5.74, 6) is 0. The number of aryl methyl sites for hydroxylation is 1. The van der Waals surface area contributed by atoms with Gasteiger partial charge in [-0.2, -0.15) is 4.37 Å². The van der Waals surface area contributed by atoms with Gasteiger partial charge in [0.05, 0.1) is 5.69 Å². The number of nitrogens with zero attached hydrogens (tertiary/aromatic N) is 2. The van der Waals surface area contributed by atoms with Crippen LogP contribution in [0.3, 0.4) is 0 Å². The average Bonchev–Trinajstić information content (AvgIpc) is 2.35. The fourth-order valence-corrected chi connectivity index (χ4v) is 1.29. The van der Waals surface area contributed by atoms with E-state index >= 15 is 0 Å². The Hall–Kier alpha value is -1.10. The molecule has 1 N–H and O–H groups in total. The minimum atomic E-state index is -0.126. The third-order valence-corrected chi connectivity index (χ3v) is 2.06. The van der Waals surface area contributed by atoms with Gasteiger partial charge in [0.25, 0.3) is 0 Å². The lowest BCUT2D eigenvalue weighted by molar-refractivity contribution is 0.231. The molecule has 1 aromatic heterocycles. The van der Waals surface area contributed by atoms with E-state index in [0.29, 0.717) is 0 Å². The van der Waals surface area contributed by atoms with E-state index in [1.807, 2.05) is 13.0 Å². The summed E-state index contributed by atoms with van der Waals surface area (Å²) >= 11 is 1.29. The molecule has 1 heterocycles. The molecule has 4 nitrogen and oxygen atoms in total. The van der Waals surface area contributed by atoms with Gasteiger partial charge >= 0.3 is 6.03 Å². The van der Waals surface area contributed by atoms with Crippen molar-refractivity contribution in [1.29, 1.82) is 0 Å². The Labute approximate surface area is 75.4 Å². The molecule has 12 heavy (non-hydrogen) atoms. The van der Waals surface area contributed by atoms with Crippen LogP contribution in [0.2, 0.25) is 0 Å². The molecule has 1 aromatic rings. The van der Waals surface area contributed by atoms with Crippen LogP contribution in [0.4, 0.5) is 9.80 Å². The van der Waals surface area contributed by atoms with Crippen molar-refractivity contribution < 1.29 is 4.79 Å². The highest BCUT2D eigenvalue weighted by Gasteiger charge is 2.05. The van der Waals surface area contributed by atoms with E-state index in [-0.39, 0.29) is 6.03 Å². The van der Waals surface area contributed by atoms with E-state index < -0.39 is 0 Å². The molecule has 66 valence electrons. The van der Waals surface area contributed by atoms with E-state index in [2.05, 4.69) is 9.69 Å². The van der Waals surface area contributed by atoms with E-state index in [9.17, 15) is 4.79 Å². The van der Waals surface area contributed by atoms with Gasteiger partial charge in [0, 0.05) is 14.1 Å². The first-order valence-corrected chi connectivity index (χ1v) is 4.28. The van der Waals surface area contributed by atoms with E-state index in [4.69, 9.17) is 0 Å². The molecule has 0 radical (unpaired) electrons. The second-order valence-corrected chi connectivity index (χ2v) is 3.46. The maximum Gasteiger partial charge on any atom is 0.321 e. The van der Waals surface area contributed by atoms with Crippen molar-refractivity contribution >= 4 is 22.6 Å². The minimum Gasteiger partial charge on any atom is -0.331 e. The smallest absolute Gasteiger partial charge is 0.321 e. The van der Waals surface area contributed by atoms with Crippen LogP contribution in [0.5, 0.6) is 0 Å². The Morgan fingerprint density at radius 3 is 2.75 bits per heavy atom. The Kier molecular flexibility index (Phi) is 2.65. The Morgan fingerprint density at radius 2 is 2.33 bits per heavy atom. The lowest BCUT2D eigenvalue weighted by Crippen LogP contribution is -2.26. The number of amides is 2. The molecule has 0 aliphatic rings. The summed E-state index contributed by atoms with van der Waals surface area (Å²) in [6.45, 7) is 1.89. The zero-order chi connectivity index (χ0) is 9.14. The molecular formula is C7H11N3OS. The summed E-state index contributed by atoms with van der Waals surface area (Å²) in [7, 11) is 3.40. The van der Waals surface area contributed by atoms with Crippen LogP contribution in [0, 0.1) is 6.92 Å². The van der Waals surface area contributed by atoms with Crippen LogP contribution < -0.4 is 5.32 Å². The summed E-state index contributed by atoms with van der Waals surface area (Å²) < 4.78 is 4.04. The zero-order valence-corrected chi connectivity index (χ0v) is 8.10. The molecule has 0 saturated carbocycles. The third-order valence-electron chi connectivity index (χ3n) is 1.26. The first-order chi connectivity index (χ1) is 5.59. The second-order valence-electron chi connectivity index (χ2n) is 2.66. The van der Waals surface area contributed by atoms with Crippen LogP contribution in [0.15, 0.2) is 6.07 Å². The van der Waals surface area contributed by atoms with Crippen LogP contribution in [-0.2, 0) is 0 Å². The number of nitrogens with one attached hydrogen (secondary N) is 1. The highest BCUT2D eigenvalue weighted by molar-refractivity contribution is 7.10. The Balaban J connectivity index is 2.58. The topological polar surface area (TPSA) is 45.2 Å². The van der Waals surface area contributed by atoms with Crippen molar-refractivity contribution in [2.45, 2.75) is 6.92 Å². The van der Waals surface area contributed by atoms with Crippen molar-refractivity contribution in [2.75, 3.05) is 19.4 Å². The van der Waals surface area contributed by atoms with Crippen LogP contribution in [0.1, 0.15) is 5.69 Å². The molecule has 0 unspecified atom stereocenters. The summed E-state index contributed by atoms with van der Waals surface area (Å²) in [6.07, 6.45) is 0. The lowest BCUT2D eigenvalue weighted by Gasteiger charge is -2.09. The molecule has 0 atom stereocenters. The molecule has 0 bridgehead atoms. The summed E-state index contributed by atoms with van der Waals surface area (Å²) in [6, 6.07) is 1.71. The molecule has 0 aliphatic carbocycles. The zero-order valence-electron chi connectivity index (χ0n) is 7.29. The number of aromatic nitrogens is 1. The maximum absolute atomic E-state index is 11.1. The number of urea groups is 1. The average molecular weight is 185 g/mol. The number of rotatable bonds is 1. The first kappa shape index (κ1) is 8.99. The van der Waals surface area contributed by atoms with Gasteiger partial charge in [-0.15, -0.1) is 0 Å². The summed E-state index contributed by atoms with van der Waals surface area (Å²) in [5, 5.41) is 3.49. The Bertz CT molecular complexity index is 282. The third kappa shape index (κ3) is 2.20. The molecule has 0 aliphatic heterocycles. The summed E-state index contributed by atoms with van der Waals surface area (Å²) in [4.78, 5) is 12.6. The number of carbonyl (C=O) groups excluding carboxylic acids is 1.